The van der Waals surface area contributed by atoms with Crippen LogP contribution < -0.4 is 0 Å². The number of rotatable bonds is 4. The van der Waals surface area contributed by atoms with Crippen LogP contribution in [-0.2, 0) is 20.2 Å². The maximum atomic E-state index is 10.7. The van der Waals surface area contributed by atoms with Gasteiger partial charge in [-0.05, 0) is 30.7 Å². The SMILES string of the molecule is CCCC12COC(c3ccc(C#CCN(C)C(=O)O)cc3)(OC1)OC2. The minimum atomic E-state index is -1.11. The van der Waals surface area contributed by atoms with Gasteiger partial charge in [-0.15, -0.1) is 0 Å². The second kappa shape index (κ2) is 7.04. The van der Waals surface area contributed by atoms with Crippen LogP contribution in [-0.4, -0.2) is 49.5 Å². The van der Waals surface area contributed by atoms with E-state index >= 15 is 0 Å². The molecule has 3 aliphatic rings. The lowest BCUT2D eigenvalue weighted by atomic mass is 9.83. The van der Waals surface area contributed by atoms with Crippen LogP contribution in [0.1, 0.15) is 30.9 Å². The molecule has 0 saturated carbocycles. The molecule has 1 aromatic rings. The Kier molecular flexibility index (Phi) is 5.00. The van der Waals surface area contributed by atoms with Gasteiger partial charge in [-0.25, -0.2) is 4.79 Å². The molecule has 4 rings (SSSR count). The number of nitrogens with zero attached hydrogens (tertiary/aromatic N) is 1. The zero-order valence-electron chi connectivity index (χ0n) is 14.6. The molecule has 1 amide bonds. The van der Waals surface area contributed by atoms with Gasteiger partial charge in [-0.2, -0.15) is 0 Å². The maximum Gasteiger partial charge on any atom is 0.407 e. The third-order valence-electron chi connectivity index (χ3n) is 4.60. The monoisotopic (exact) mass is 345 g/mol. The lowest BCUT2D eigenvalue weighted by molar-refractivity contribution is -0.480. The highest BCUT2D eigenvalue weighted by molar-refractivity contribution is 5.64. The van der Waals surface area contributed by atoms with E-state index in [1.54, 1.807) is 0 Å². The van der Waals surface area contributed by atoms with Crippen LogP contribution >= 0.6 is 0 Å². The van der Waals surface area contributed by atoms with E-state index in [-0.39, 0.29) is 12.0 Å². The van der Waals surface area contributed by atoms with Crippen molar-refractivity contribution in [3.8, 4) is 11.8 Å². The van der Waals surface area contributed by atoms with Gasteiger partial charge in [-0.1, -0.05) is 25.2 Å². The van der Waals surface area contributed by atoms with Crippen molar-refractivity contribution in [2.75, 3.05) is 33.4 Å². The average Bonchev–Trinajstić information content (AvgIpc) is 2.63. The highest BCUT2D eigenvalue weighted by Crippen LogP contribution is 2.46. The number of amides is 1. The average molecular weight is 345 g/mol. The molecule has 25 heavy (non-hydrogen) atoms. The molecule has 3 aliphatic heterocycles. The molecule has 6 nitrogen and oxygen atoms in total. The molecule has 2 bridgehead atoms. The molecule has 0 atom stereocenters. The first-order valence-electron chi connectivity index (χ1n) is 8.44. The number of ether oxygens (including phenoxy) is 3. The van der Waals surface area contributed by atoms with Gasteiger partial charge in [0, 0.05) is 23.6 Å². The Morgan fingerprint density at radius 2 is 1.80 bits per heavy atom. The van der Waals surface area contributed by atoms with Crippen LogP contribution in [0.4, 0.5) is 4.79 Å². The zero-order valence-corrected chi connectivity index (χ0v) is 14.6. The van der Waals surface area contributed by atoms with Crippen molar-refractivity contribution in [1.82, 2.24) is 4.90 Å². The number of hydrogen-bond acceptors (Lipinski definition) is 4. The summed E-state index contributed by atoms with van der Waals surface area (Å²) >= 11 is 0. The maximum absolute atomic E-state index is 10.7. The predicted molar refractivity (Wildman–Crippen MR) is 90.8 cm³/mol. The van der Waals surface area contributed by atoms with Gasteiger partial charge in [-0.3, -0.25) is 0 Å². The standard InChI is InChI=1S/C19H23NO5/c1-3-10-18-12-23-19(24-13-18,25-14-18)16-8-6-15(7-9-16)5-4-11-20(2)17(21)22/h6-9H,3,10-14H2,1-2H3,(H,21,22). The fourth-order valence-corrected chi connectivity index (χ4v) is 3.08. The molecule has 0 unspecified atom stereocenters. The molecule has 0 radical (unpaired) electrons. The molecule has 3 fully saturated rings. The van der Waals surface area contributed by atoms with E-state index < -0.39 is 12.1 Å². The molecular formula is C19H23NO5. The Labute approximate surface area is 147 Å². The van der Waals surface area contributed by atoms with Crippen LogP contribution in [0.3, 0.4) is 0 Å². The smallest absolute Gasteiger partial charge is 0.407 e. The summed E-state index contributed by atoms with van der Waals surface area (Å²) in [6, 6.07) is 7.47. The van der Waals surface area contributed by atoms with E-state index in [2.05, 4.69) is 18.8 Å². The zero-order chi connectivity index (χ0) is 17.9. The van der Waals surface area contributed by atoms with Crippen molar-refractivity contribution in [3.05, 3.63) is 35.4 Å². The number of carbonyl (C=O) groups is 1. The summed E-state index contributed by atoms with van der Waals surface area (Å²) in [6.45, 7) is 4.24. The van der Waals surface area contributed by atoms with Crippen LogP contribution in [0.2, 0.25) is 0 Å². The molecule has 1 N–H and O–H groups in total. The Morgan fingerprint density at radius 3 is 2.32 bits per heavy atom. The van der Waals surface area contributed by atoms with E-state index in [9.17, 15) is 4.79 Å². The van der Waals surface area contributed by atoms with E-state index in [0.29, 0.717) is 19.8 Å². The number of benzene rings is 1. The quantitative estimate of drug-likeness (QED) is 0.850. The first-order chi connectivity index (χ1) is 12.0. The van der Waals surface area contributed by atoms with Gasteiger partial charge in [0.1, 0.15) is 0 Å². The fraction of sp³-hybridized carbons (Fsp3) is 0.526. The highest BCUT2D eigenvalue weighted by Gasteiger charge is 2.53. The summed E-state index contributed by atoms with van der Waals surface area (Å²) in [5, 5.41) is 8.79. The first kappa shape index (κ1) is 17.7. The summed E-state index contributed by atoms with van der Waals surface area (Å²) in [6.07, 6.45) is 1.11. The second-order valence-electron chi connectivity index (χ2n) is 6.69. The number of fused-ring (bicyclic) bond motifs is 3. The van der Waals surface area contributed by atoms with Crippen LogP contribution in [0.15, 0.2) is 24.3 Å². The van der Waals surface area contributed by atoms with Gasteiger partial charge in [0.05, 0.1) is 26.4 Å². The second-order valence-corrected chi connectivity index (χ2v) is 6.69. The van der Waals surface area contributed by atoms with Crippen LogP contribution in [0.25, 0.3) is 0 Å². The molecule has 3 saturated heterocycles. The molecule has 3 heterocycles. The van der Waals surface area contributed by atoms with E-state index in [0.717, 1.165) is 28.9 Å². The third kappa shape index (κ3) is 3.64. The Hall–Kier alpha value is -2.07. The molecule has 0 aromatic heterocycles. The van der Waals surface area contributed by atoms with Gasteiger partial charge < -0.3 is 24.2 Å². The summed E-state index contributed by atoms with van der Waals surface area (Å²) < 4.78 is 17.8. The summed E-state index contributed by atoms with van der Waals surface area (Å²) in [5.74, 6) is 4.67. The van der Waals surface area contributed by atoms with Gasteiger partial charge in [0.2, 0.25) is 0 Å². The molecule has 0 spiro atoms. The Balaban J connectivity index is 1.66. The minimum absolute atomic E-state index is 0.0158. The summed E-state index contributed by atoms with van der Waals surface area (Å²) in [7, 11) is 1.48. The van der Waals surface area contributed by atoms with Crippen LogP contribution in [0, 0.1) is 17.3 Å². The molecular weight excluding hydrogens is 322 g/mol. The topological polar surface area (TPSA) is 68.2 Å². The van der Waals surface area contributed by atoms with Crippen molar-refractivity contribution >= 4 is 6.09 Å². The molecule has 0 aliphatic carbocycles. The number of hydrogen-bond donors (Lipinski definition) is 1. The van der Waals surface area contributed by atoms with E-state index in [1.807, 2.05) is 24.3 Å². The summed E-state index contributed by atoms with van der Waals surface area (Å²) in [4.78, 5) is 11.8. The first-order valence-corrected chi connectivity index (χ1v) is 8.44. The highest BCUT2D eigenvalue weighted by atomic mass is 16.9. The predicted octanol–water partition coefficient (Wildman–Crippen LogP) is 2.62. The van der Waals surface area contributed by atoms with Crippen molar-refractivity contribution in [2.24, 2.45) is 5.41 Å². The van der Waals surface area contributed by atoms with Crippen molar-refractivity contribution < 1.29 is 24.1 Å². The van der Waals surface area contributed by atoms with Crippen molar-refractivity contribution in [1.29, 1.82) is 0 Å². The number of carboxylic acid groups (broad SMARTS) is 1. The van der Waals surface area contributed by atoms with E-state index in [4.69, 9.17) is 19.3 Å². The lowest BCUT2D eigenvalue weighted by Crippen LogP contribution is -2.58. The Morgan fingerprint density at radius 1 is 1.20 bits per heavy atom. The Bertz CT molecular complexity index is 663. The largest absolute Gasteiger partial charge is 0.465 e. The molecule has 1 aromatic carbocycles. The molecule has 6 heteroatoms. The van der Waals surface area contributed by atoms with Crippen molar-refractivity contribution in [3.63, 3.8) is 0 Å². The van der Waals surface area contributed by atoms with Crippen LogP contribution in [0.5, 0.6) is 0 Å². The normalized spacial score (nSPS) is 27.4. The molecule has 134 valence electrons. The summed E-state index contributed by atoms with van der Waals surface area (Å²) in [5.41, 5.74) is 1.59. The lowest BCUT2D eigenvalue weighted by Gasteiger charge is -2.51. The van der Waals surface area contributed by atoms with Gasteiger partial charge in [0.25, 0.3) is 0 Å². The minimum Gasteiger partial charge on any atom is -0.465 e. The van der Waals surface area contributed by atoms with Gasteiger partial charge in [0.15, 0.2) is 0 Å². The van der Waals surface area contributed by atoms with Gasteiger partial charge >= 0.3 is 12.1 Å². The van der Waals surface area contributed by atoms with Crippen molar-refractivity contribution in [2.45, 2.75) is 25.7 Å². The fourth-order valence-electron chi connectivity index (χ4n) is 3.08. The van der Waals surface area contributed by atoms with E-state index in [1.165, 1.54) is 7.05 Å². The third-order valence-corrected chi connectivity index (χ3v) is 4.60.